The maximum Gasteiger partial charge on any atom is 0.409 e. The zero-order valence-corrected chi connectivity index (χ0v) is 9.45. The summed E-state index contributed by atoms with van der Waals surface area (Å²) in [5, 5.41) is 0. The van der Waals surface area contributed by atoms with Gasteiger partial charge in [-0.3, -0.25) is 4.90 Å². The molecule has 2 heterocycles. The Hall–Kier alpha value is -0.770. The number of nitrogens with zero attached hydrogens (tertiary/aromatic N) is 2. The summed E-state index contributed by atoms with van der Waals surface area (Å²) >= 11 is 0. The molecule has 2 saturated heterocycles. The van der Waals surface area contributed by atoms with Crippen molar-refractivity contribution in [2.24, 2.45) is 0 Å². The minimum Gasteiger partial charge on any atom is -0.450 e. The van der Waals surface area contributed by atoms with E-state index in [2.05, 4.69) is 4.90 Å². The van der Waals surface area contributed by atoms with Gasteiger partial charge in [0, 0.05) is 25.7 Å². The Morgan fingerprint density at radius 3 is 3.00 bits per heavy atom. The largest absolute Gasteiger partial charge is 0.450 e. The van der Waals surface area contributed by atoms with Crippen LogP contribution in [0.25, 0.3) is 0 Å². The van der Waals surface area contributed by atoms with E-state index < -0.39 is 0 Å². The summed E-state index contributed by atoms with van der Waals surface area (Å²) in [5.74, 6) is 0. The zero-order valence-electron chi connectivity index (χ0n) is 9.45. The van der Waals surface area contributed by atoms with E-state index >= 15 is 0 Å². The van der Waals surface area contributed by atoms with Crippen molar-refractivity contribution in [2.45, 2.75) is 32.2 Å². The summed E-state index contributed by atoms with van der Waals surface area (Å²) in [6.45, 7) is 6.25. The molecule has 4 heteroatoms. The lowest BCUT2D eigenvalue weighted by Gasteiger charge is -2.43. The van der Waals surface area contributed by atoms with Gasteiger partial charge in [-0.05, 0) is 26.3 Å². The molecule has 86 valence electrons. The highest BCUT2D eigenvalue weighted by Crippen LogP contribution is 2.21. The Kier molecular flexibility index (Phi) is 3.46. The van der Waals surface area contributed by atoms with Gasteiger partial charge in [0.15, 0.2) is 0 Å². The van der Waals surface area contributed by atoms with E-state index in [1.165, 1.54) is 25.8 Å². The van der Waals surface area contributed by atoms with Crippen LogP contribution in [-0.4, -0.2) is 54.7 Å². The Bertz CT molecular complexity index is 233. The Morgan fingerprint density at radius 1 is 1.33 bits per heavy atom. The first-order valence-corrected chi connectivity index (χ1v) is 5.97. The molecule has 0 aliphatic carbocycles. The third-order valence-electron chi connectivity index (χ3n) is 3.36. The fourth-order valence-electron chi connectivity index (χ4n) is 2.54. The lowest BCUT2D eigenvalue weighted by Crippen LogP contribution is -2.56. The van der Waals surface area contributed by atoms with Crippen molar-refractivity contribution in [1.82, 2.24) is 9.80 Å². The van der Waals surface area contributed by atoms with Gasteiger partial charge in [0.05, 0.1) is 6.61 Å². The first kappa shape index (κ1) is 10.7. The molecule has 2 aliphatic rings. The van der Waals surface area contributed by atoms with Gasteiger partial charge in [0.1, 0.15) is 0 Å². The molecular weight excluding hydrogens is 192 g/mol. The summed E-state index contributed by atoms with van der Waals surface area (Å²) < 4.78 is 5.03. The molecule has 1 amide bonds. The highest BCUT2D eigenvalue weighted by atomic mass is 16.6. The van der Waals surface area contributed by atoms with Gasteiger partial charge in [0.2, 0.25) is 0 Å². The van der Waals surface area contributed by atoms with Crippen LogP contribution in [0, 0.1) is 0 Å². The van der Waals surface area contributed by atoms with Crippen LogP contribution in [0.15, 0.2) is 0 Å². The molecule has 1 atom stereocenters. The number of carbonyl (C=O) groups excluding carboxylic acids is 1. The summed E-state index contributed by atoms with van der Waals surface area (Å²) in [5.41, 5.74) is 0. The lowest BCUT2D eigenvalue weighted by atomic mass is 10.00. The molecule has 4 nitrogen and oxygen atoms in total. The average Bonchev–Trinajstić information content (AvgIpc) is 2.29. The molecule has 2 rings (SSSR count). The molecule has 0 aromatic rings. The summed E-state index contributed by atoms with van der Waals surface area (Å²) in [7, 11) is 0. The van der Waals surface area contributed by atoms with E-state index in [1.807, 2.05) is 11.8 Å². The van der Waals surface area contributed by atoms with Gasteiger partial charge in [-0.1, -0.05) is 6.42 Å². The summed E-state index contributed by atoms with van der Waals surface area (Å²) in [6.07, 6.45) is 3.71. The fourth-order valence-corrected chi connectivity index (χ4v) is 2.54. The smallest absolute Gasteiger partial charge is 0.409 e. The van der Waals surface area contributed by atoms with Crippen molar-refractivity contribution in [2.75, 3.05) is 32.8 Å². The van der Waals surface area contributed by atoms with E-state index in [4.69, 9.17) is 4.74 Å². The van der Waals surface area contributed by atoms with Crippen LogP contribution in [0.3, 0.4) is 0 Å². The highest BCUT2D eigenvalue weighted by molar-refractivity contribution is 5.67. The predicted octanol–water partition coefficient (Wildman–Crippen LogP) is 1.31. The fraction of sp³-hybridized carbons (Fsp3) is 0.909. The number of amides is 1. The van der Waals surface area contributed by atoms with Crippen LogP contribution in [0.4, 0.5) is 4.79 Å². The van der Waals surface area contributed by atoms with Crippen LogP contribution in [-0.2, 0) is 4.74 Å². The number of fused-ring (bicyclic) bond motifs is 1. The number of carbonyl (C=O) groups is 1. The van der Waals surface area contributed by atoms with Gasteiger partial charge >= 0.3 is 6.09 Å². The first-order valence-electron chi connectivity index (χ1n) is 5.97. The monoisotopic (exact) mass is 212 g/mol. The van der Waals surface area contributed by atoms with Crippen molar-refractivity contribution in [3.05, 3.63) is 0 Å². The normalized spacial score (nSPS) is 27.3. The molecule has 0 saturated carbocycles. The standard InChI is InChI=1S/C11H20N2O2/c1-2-15-11(14)13-8-7-12-6-4-3-5-10(12)9-13/h10H,2-9H2,1H3. The van der Waals surface area contributed by atoms with Crippen LogP contribution in [0.1, 0.15) is 26.2 Å². The Labute approximate surface area is 91.2 Å². The minimum atomic E-state index is -0.136. The lowest BCUT2D eigenvalue weighted by molar-refractivity contribution is 0.0372. The van der Waals surface area contributed by atoms with Crippen LogP contribution < -0.4 is 0 Å². The summed E-state index contributed by atoms with van der Waals surface area (Å²) in [6, 6.07) is 0.580. The molecule has 2 fully saturated rings. The zero-order chi connectivity index (χ0) is 10.7. The van der Waals surface area contributed by atoms with Crippen molar-refractivity contribution in [3.63, 3.8) is 0 Å². The van der Waals surface area contributed by atoms with E-state index in [9.17, 15) is 4.79 Å². The third kappa shape index (κ3) is 2.43. The first-order chi connectivity index (χ1) is 7.31. The highest BCUT2D eigenvalue weighted by Gasteiger charge is 2.31. The predicted molar refractivity (Wildman–Crippen MR) is 57.8 cm³/mol. The maximum atomic E-state index is 11.6. The Balaban J connectivity index is 1.87. The molecule has 0 aromatic carbocycles. The third-order valence-corrected chi connectivity index (χ3v) is 3.36. The molecular formula is C11H20N2O2. The van der Waals surface area contributed by atoms with E-state index in [0.717, 1.165) is 19.6 Å². The molecule has 0 N–H and O–H groups in total. The second-order valence-electron chi connectivity index (χ2n) is 4.33. The molecule has 0 spiro atoms. The quantitative estimate of drug-likeness (QED) is 0.657. The van der Waals surface area contributed by atoms with Gasteiger partial charge in [-0.2, -0.15) is 0 Å². The van der Waals surface area contributed by atoms with Crippen LogP contribution in [0.2, 0.25) is 0 Å². The van der Waals surface area contributed by atoms with Gasteiger partial charge < -0.3 is 9.64 Å². The van der Waals surface area contributed by atoms with Gasteiger partial charge in [-0.25, -0.2) is 4.79 Å². The number of piperidine rings is 1. The molecule has 15 heavy (non-hydrogen) atoms. The molecule has 1 unspecified atom stereocenters. The SMILES string of the molecule is CCOC(=O)N1CCN2CCCCC2C1. The molecule has 0 radical (unpaired) electrons. The second-order valence-corrected chi connectivity index (χ2v) is 4.33. The number of ether oxygens (including phenoxy) is 1. The van der Waals surface area contributed by atoms with Gasteiger partial charge in [0.25, 0.3) is 0 Å². The number of rotatable bonds is 1. The number of piperazine rings is 1. The van der Waals surface area contributed by atoms with Crippen molar-refractivity contribution in [1.29, 1.82) is 0 Å². The van der Waals surface area contributed by atoms with Crippen molar-refractivity contribution < 1.29 is 9.53 Å². The Morgan fingerprint density at radius 2 is 2.20 bits per heavy atom. The molecule has 0 aromatic heterocycles. The molecule has 2 aliphatic heterocycles. The topological polar surface area (TPSA) is 32.8 Å². The second kappa shape index (κ2) is 4.84. The number of hydrogen-bond acceptors (Lipinski definition) is 3. The van der Waals surface area contributed by atoms with E-state index in [1.54, 1.807) is 0 Å². The van der Waals surface area contributed by atoms with Gasteiger partial charge in [-0.15, -0.1) is 0 Å². The average molecular weight is 212 g/mol. The van der Waals surface area contributed by atoms with Crippen molar-refractivity contribution in [3.8, 4) is 0 Å². The van der Waals surface area contributed by atoms with Crippen LogP contribution >= 0.6 is 0 Å². The summed E-state index contributed by atoms with van der Waals surface area (Å²) in [4.78, 5) is 15.9. The number of hydrogen-bond donors (Lipinski definition) is 0. The van der Waals surface area contributed by atoms with Crippen LogP contribution in [0.5, 0.6) is 0 Å². The van der Waals surface area contributed by atoms with Crippen molar-refractivity contribution >= 4 is 6.09 Å². The molecule has 0 bridgehead atoms. The van der Waals surface area contributed by atoms with E-state index in [-0.39, 0.29) is 6.09 Å². The minimum absolute atomic E-state index is 0.136. The maximum absolute atomic E-state index is 11.6. The van der Waals surface area contributed by atoms with E-state index in [0.29, 0.717) is 12.6 Å².